The molecule has 2 rings (SSSR count). The zero-order chi connectivity index (χ0) is 13.8. The van der Waals surface area contributed by atoms with Gasteiger partial charge < -0.3 is 15.7 Å². The van der Waals surface area contributed by atoms with Crippen LogP contribution in [0.2, 0.25) is 0 Å². The first-order chi connectivity index (χ1) is 9.15. The Balaban J connectivity index is 2.53. The molecule has 3 N–H and O–H groups in total. The third-order valence-electron chi connectivity index (χ3n) is 2.98. The van der Waals surface area contributed by atoms with Crippen LogP contribution in [-0.4, -0.2) is 29.1 Å². The molecule has 0 bridgehead atoms. The van der Waals surface area contributed by atoms with E-state index in [0.29, 0.717) is 17.9 Å². The van der Waals surface area contributed by atoms with Gasteiger partial charge in [0.15, 0.2) is 0 Å². The zero-order valence-corrected chi connectivity index (χ0v) is 10.8. The molecule has 0 aliphatic carbocycles. The number of amides is 1. The van der Waals surface area contributed by atoms with Crippen molar-refractivity contribution in [3.05, 3.63) is 35.9 Å². The lowest BCUT2D eigenvalue weighted by atomic mass is 10.1. The van der Waals surface area contributed by atoms with E-state index in [0.717, 1.165) is 10.9 Å². The number of primary amides is 1. The molecule has 1 heterocycles. The SMILES string of the molecule is CCN(CC(N)=O)c1nc2ccccc2cc1CO. The maximum absolute atomic E-state index is 11.1. The fourth-order valence-electron chi connectivity index (χ4n) is 2.06. The number of anilines is 1. The summed E-state index contributed by atoms with van der Waals surface area (Å²) in [7, 11) is 0. The van der Waals surface area contributed by atoms with Crippen LogP contribution in [0, 0.1) is 0 Å². The molecule has 0 radical (unpaired) electrons. The Kier molecular flexibility index (Phi) is 3.97. The van der Waals surface area contributed by atoms with Crippen LogP contribution in [0.3, 0.4) is 0 Å². The van der Waals surface area contributed by atoms with Crippen molar-refractivity contribution < 1.29 is 9.90 Å². The third kappa shape index (κ3) is 2.82. The summed E-state index contributed by atoms with van der Waals surface area (Å²) in [4.78, 5) is 17.4. The minimum absolute atomic E-state index is 0.0921. The quantitative estimate of drug-likeness (QED) is 0.840. The Morgan fingerprint density at radius 1 is 1.42 bits per heavy atom. The van der Waals surface area contributed by atoms with Gasteiger partial charge in [-0.3, -0.25) is 4.79 Å². The molecule has 1 aromatic heterocycles. The number of likely N-dealkylation sites (N-methyl/N-ethyl adjacent to an activating group) is 1. The lowest BCUT2D eigenvalue weighted by Crippen LogP contribution is -2.34. The topological polar surface area (TPSA) is 79.5 Å². The molecule has 0 aliphatic heterocycles. The van der Waals surface area contributed by atoms with E-state index in [2.05, 4.69) is 4.98 Å². The number of aliphatic hydroxyl groups excluding tert-OH is 1. The number of pyridine rings is 1. The number of rotatable bonds is 5. The molecule has 0 aliphatic rings. The molecular formula is C14H17N3O2. The Bertz CT molecular complexity index is 598. The minimum atomic E-state index is -0.416. The second-order valence-electron chi connectivity index (χ2n) is 4.30. The van der Waals surface area contributed by atoms with Crippen LogP contribution in [0.25, 0.3) is 10.9 Å². The Hall–Kier alpha value is -2.14. The minimum Gasteiger partial charge on any atom is -0.392 e. The Morgan fingerprint density at radius 2 is 2.16 bits per heavy atom. The van der Waals surface area contributed by atoms with Crippen molar-refractivity contribution in [3.8, 4) is 0 Å². The second-order valence-corrected chi connectivity index (χ2v) is 4.30. The number of hydrogen-bond acceptors (Lipinski definition) is 4. The zero-order valence-electron chi connectivity index (χ0n) is 10.8. The van der Waals surface area contributed by atoms with Gasteiger partial charge in [-0.15, -0.1) is 0 Å². The largest absolute Gasteiger partial charge is 0.392 e. The van der Waals surface area contributed by atoms with Crippen molar-refractivity contribution in [2.45, 2.75) is 13.5 Å². The van der Waals surface area contributed by atoms with E-state index in [1.165, 1.54) is 0 Å². The van der Waals surface area contributed by atoms with Crippen LogP contribution in [0.1, 0.15) is 12.5 Å². The maximum atomic E-state index is 11.1. The van der Waals surface area contributed by atoms with Gasteiger partial charge in [-0.05, 0) is 19.1 Å². The second kappa shape index (κ2) is 5.67. The van der Waals surface area contributed by atoms with Gasteiger partial charge >= 0.3 is 0 Å². The molecule has 0 saturated heterocycles. The number of hydrogen-bond donors (Lipinski definition) is 2. The molecule has 2 aromatic rings. The molecule has 0 atom stereocenters. The molecule has 0 saturated carbocycles. The fourth-order valence-corrected chi connectivity index (χ4v) is 2.06. The fraction of sp³-hybridized carbons (Fsp3) is 0.286. The number of aliphatic hydroxyl groups is 1. The van der Waals surface area contributed by atoms with E-state index < -0.39 is 5.91 Å². The van der Waals surface area contributed by atoms with E-state index in [-0.39, 0.29) is 13.2 Å². The van der Waals surface area contributed by atoms with Crippen molar-refractivity contribution in [1.29, 1.82) is 0 Å². The van der Waals surface area contributed by atoms with Crippen LogP contribution in [-0.2, 0) is 11.4 Å². The molecule has 19 heavy (non-hydrogen) atoms. The normalized spacial score (nSPS) is 10.6. The summed E-state index contributed by atoms with van der Waals surface area (Å²) < 4.78 is 0. The monoisotopic (exact) mass is 259 g/mol. The lowest BCUT2D eigenvalue weighted by molar-refractivity contribution is -0.116. The summed E-state index contributed by atoms with van der Waals surface area (Å²) in [5.74, 6) is 0.197. The van der Waals surface area contributed by atoms with Gasteiger partial charge in [0, 0.05) is 17.5 Å². The smallest absolute Gasteiger partial charge is 0.236 e. The van der Waals surface area contributed by atoms with Crippen LogP contribution in [0.5, 0.6) is 0 Å². The number of nitrogens with two attached hydrogens (primary N) is 1. The average Bonchev–Trinajstić information content (AvgIpc) is 2.43. The predicted octanol–water partition coefficient (Wildman–Crippen LogP) is 1.04. The van der Waals surface area contributed by atoms with Gasteiger partial charge in [-0.2, -0.15) is 0 Å². The number of carbonyl (C=O) groups excluding carboxylic acids is 1. The summed E-state index contributed by atoms with van der Waals surface area (Å²) in [5, 5.41) is 10.4. The van der Waals surface area contributed by atoms with Crippen molar-refractivity contribution in [2.24, 2.45) is 5.73 Å². The predicted molar refractivity (Wildman–Crippen MR) is 74.7 cm³/mol. The van der Waals surface area contributed by atoms with E-state index in [1.807, 2.05) is 37.3 Å². The molecule has 0 unspecified atom stereocenters. The van der Waals surface area contributed by atoms with Crippen LogP contribution < -0.4 is 10.6 Å². The summed E-state index contributed by atoms with van der Waals surface area (Å²) >= 11 is 0. The standard InChI is InChI=1S/C14H17N3O2/c1-2-17(8-13(15)19)14-11(9-18)7-10-5-3-4-6-12(10)16-14/h3-7,18H,2,8-9H2,1H3,(H2,15,19). The molecule has 100 valence electrons. The molecule has 1 aromatic carbocycles. The van der Waals surface area contributed by atoms with Crippen LogP contribution in [0.15, 0.2) is 30.3 Å². The lowest BCUT2D eigenvalue weighted by Gasteiger charge is -2.23. The summed E-state index contributed by atoms with van der Waals surface area (Å²) in [6.07, 6.45) is 0. The summed E-state index contributed by atoms with van der Waals surface area (Å²) in [5.41, 5.74) is 6.77. The van der Waals surface area contributed by atoms with E-state index >= 15 is 0 Å². The van der Waals surface area contributed by atoms with Crippen LogP contribution in [0.4, 0.5) is 5.82 Å². The number of fused-ring (bicyclic) bond motifs is 1. The highest BCUT2D eigenvalue weighted by Crippen LogP contribution is 2.23. The highest BCUT2D eigenvalue weighted by Gasteiger charge is 2.14. The van der Waals surface area contributed by atoms with Gasteiger partial charge in [0.1, 0.15) is 5.82 Å². The highest BCUT2D eigenvalue weighted by atomic mass is 16.3. The number of aromatic nitrogens is 1. The molecular weight excluding hydrogens is 242 g/mol. The first-order valence-corrected chi connectivity index (χ1v) is 6.18. The van der Waals surface area contributed by atoms with Gasteiger partial charge in [0.2, 0.25) is 5.91 Å². The Labute approximate surface area is 111 Å². The van der Waals surface area contributed by atoms with Crippen molar-refractivity contribution in [3.63, 3.8) is 0 Å². The number of nitrogens with zero attached hydrogens (tertiary/aromatic N) is 2. The number of para-hydroxylation sites is 1. The van der Waals surface area contributed by atoms with Gasteiger partial charge in [-0.1, -0.05) is 18.2 Å². The first kappa shape index (κ1) is 13.3. The molecule has 0 fully saturated rings. The van der Waals surface area contributed by atoms with Gasteiger partial charge in [0.25, 0.3) is 0 Å². The van der Waals surface area contributed by atoms with E-state index in [4.69, 9.17) is 5.73 Å². The number of carbonyl (C=O) groups is 1. The summed E-state index contributed by atoms with van der Waals surface area (Å²) in [6, 6.07) is 9.56. The third-order valence-corrected chi connectivity index (χ3v) is 2.98. The van der Waals surface area contributed by atoms with Crippen molar-refractivity contribution in [1.82, 2.24) is 4.98 Å². The summed E-state index contributed by atoms with van der Waals surface area (Å²) in [6.45, 7) is 2.49. The van der Waals surface area contributed by atoms with E-state index in [9.17, 15) is 9.90 Å². The molecule has 0 spiro atoms. The average molecular weight is 259 g/mol. The van der Waals surface area contributed by atoms with Crippen molar-refractivity contribution >= 4 is 22.6 Å². The molecule has 1 amide bonds. The van der Waals surface area contributed by atoms with Crippen molar-refractivity contribution in [2.75, 3.05) is 18.0 Å². The number of benzene rings is 1. The Morgan fingerprint density at radius 3 is 2.79 bits per heavy atom. The molecule has 5 heteroatoms. The van der Waals surface area contributed by atoms with Gasteiger partial charge in [0.05, 0.1) is 18.7 Å². The van der Waals surface area contributed by atoms with Crippen LogP contribution >= 0.6 is 0 Å². The van der Waals surface area contributed by atoms with E-state index in [1.54, 1.807) is 4.90 Å². The molecule has 5 nitrogen and oxygen atoms in total. The highest BCUT2D eigenvalue weighted by molar-refractivity contribution is 5.84. The van der Waals surface area contributed by atoms with Gasteiger partial charge in [-0.25, -0.2) is 4.98 Å². The maximum Gasteiger partial charge on any atom is 0.236 e. The first-order valence-electron chi connectivity index (χ1n) is 6.18.